The molecule has 0 spiro atoms. The first-order valence-electron chi connectivity index (χ1n) is 19.8. The number of carbonyl (C=O) groups is 2. The SMILES string of the molecule is CCCCCCCCCCCCCCCC(=O)O[C@H](COC(=O)CCCCCCCCCN)COP(=O)(O)OC1C(O)[C@@H](OP(=O)(O)O)C(O)[C@@H](O)[C@H]1O. The van der Waals surface area contributed by atoms with E-state index in [9.17, 15) is 44.0 Å². The van der Waals surface area contributed by atoms with Crippen LogP contribution in [-0.2, 0) is 41.8 Å². The van der Waals surface area contributed by atoms with Crippen molar-refractivity contribution in [2.24, 2.45) is 5.73 Å². The highest BCUT2D eigenvalue weighted by Gasteiger charge is 2.54. The zero-order valence-electron chi connectivity index (χ0n) is 32.0. The predicted octanol–water partition coefficient (Wildman–Crippen LogP) is 4.44. The van der Waals surface area contributed by atoms with Crippen LogP contribution in [0.3, 0.4) is 0 Å². The summed E-state index contributed by atoms with van der Waals surface area (Å²) in [7, 11) is -10.6. The van der Waals surface area contributed by atoms with Crippen molar-refractivity contribution in [3.05, 3.63) is 0 Å². The summed E-state index contributed by atoms with van der Waals surface area (Å²) in [6.07, 6.45) is 6.43. The zero-order valence-corrected chi connectivity index (χ0v) is 33.8. The maximum absolute atomic E-state index is 12.9. The van der Waals surface area contributed by atoms with Gasteiger partial charge in [-0.25, -0.2) is 9.13 Å². The van der Waals surface area contributed by atoms with Gasteiger partial charge in [-0.3, -0.25) is 23.2 Å². The van der Waals surface area contributed by atoms with Gasteiger partial charge in [-0.1, -0.05) is 116 Å². The van der Waals surface area contributed by atoms with Crippen LogP contribution in [0.2, 0.25) is 0 Å². The lowest BCUT2D eigenvalue weighted by atomic mass is 9.85. The quantitative estimate of drug-likeness (QED) is 0.0258. The van der Waals surface area contributed by atoms with Gasteiger partial charge in [0.1, 0.15) is 43.2 Å². The molecule has 1 saturated carbocycles. The van der Waals surface area contributed by atoms with E-state index in [0.29, 0.717) is 19.4 Å². The second-order valence-electron chi connectivity index (χ2n) is 14.2. The van der Waals surface area contributed by atoms with E-state index in [1.165, 1.54) is 51.4 Å². The number of unbranched alkanes of at least 4 members (excludes halogenated alkanes) is 18. The summed E-state index contributed by atoms with van der Waals surface area (Å²) in [4.78, 5) is 53.8. The van der Waals surface area contributed by atoms with Crippen molar-refractivity contribution in [1.82, 2.24) is 0 Å². The molecule has 1 fully saturated rings. The van der Waals surface area contributed by atoms with Gasteiger partial charge in [-0.2, -0.15) is 0 Å². The largest absolute Gasteiger partial charge is 0.472 e. The third-order valence-electron chi connectivity index (χ3n) is 9.28. The Kier molecular flexibility index (Phi) is 27.6. The summed E-state index contributed by atoms with van der Waals surface area (Å²) in [6.45, 7) is 1.52. The Labute approximate surface area is 320 Å². The summed E-state index contributed by atoms with van der Waals surface area (Å²) >= 11 is 0. The lowest BCUT2D eigenvalue weighted by Crippen LogP contribution is -2.64. The molecule has 54 heavy (non-hydrogen) atoms. The minimum atomic E-state index is -5.35. The number of hydrogen-bond donors (Lipinski definition) is 8. The van der Waals surface area contributed by atoms with Gasteiger partial charge in [0, 0.05) is 12.8 Å². The first-order chi connectivity index (χ1) is 25.6. The molecule has 8 atom stereocenters. The maximum Gasteiger partial charge on any atom is 0.472 e. The second-order valence-corrected chi connectivity index (χ2v) is 16.8. The zero-order chi connectivity index (χ0) is 40.4. The Morgan fingerprint density at radius 1 is 0.574 bits per heavy atom. The molecule has 0 amide bonds. The molecule has 0 bridgehead atoms. The molecule has 0 aromatic carbocycles. The van der Waals surface area contributed by atoms with Crippen LogP contribution in [0, 0.1) is 0 Å². The van der Waals surface area contributed by atoms with E-state index in [0.717, 1.165) is 64.2 Å². The molecule has 1 aliphatic rings. The molecule has 0 aromatic rings. The first kappa shape index (κ1) is 51.0. The average molecular weight is 822 g/mol. The Hall–Kier alpha value is -1.04. The number of carbonyl (C=O) groups excluding carboxylic acids is 2. The van der Waals surface area contributed by atoms with Crippen molar-refractivity contribution in [2.45, 2.75) is 191 Å². The molecule has 0 radical (unpaired) electrons. The van der Waals surface area contributed by atoms with Crippen molar-refractivity contribution < 1.29 is 76.9 Å². The number of phosphoric acid groups is 2. The number of ether oxygens (including phenoxy) is 2. The topological polar surface area (TPSA) is 282 Å². The fourth-order valence-electron chi connectivity index (χ4n) is 6.15. The highest BCUT2D eigenvalue weighted by atomic mass is 31.2. The Morgan fingerprint density at radius 3 is 1.46 bits per heavy atom. The molecule has 4 unspecified atom stereocenters. The number of nitrogens with two attached hydrogens (primary N) is 1. The van der Waals surface area contributed by atoms with E-state index < -0.39 is 83.5 Å². The third kappa shape index (κ3) is 23.9. The van der Waals surface area contributed by atoms with Crippen LogP contribution >= 0.6 is 15.6 Å². The molecule has 19 heteroatoms. The molecule has 320 valence electrons. The normalized spacial score (nSPS) is 23.5. The Balaban J connectivity index is 2.67. The van der Waals surface area contributed by atoms with Crippen molar-refractivity contribution in [3.8, 4) is 0 Å². The highest BCUT2D eigenvalue weighted by molar-refractivity contribution is 7.47. The summed E-state index contributed by atoms with van der Waals surface area (Å²) < 4.78 is 49.0. The van der Waals surface area contributed by atoms with Crippen molar-refractivity contribution in [1.29, 1.82) is 0 Å². The maximum atomic E-state index is 12.9. The van der Waals surface area contributed by atoms with Crippen molar-refractivity contribution in [2.75, 3.05) is 19.8 Å². The van der Waals surface area contributed by atoms with Crippen LogP contribution in [-0.4, -0.2) is 110 Å². The molecule has 17 nitrogen and oxygen atoms in total. The molecule has 0 saturated heterocycles. The first-order valence-corrected chi connectivity index (χ1v) is 22.8. The minimum absolute atomic E-state index is 0.0441. The number of rotatable bonds is 33. The minimum Gasteiger partial charge on any atom is -0.462 e. The van der Waals surface area contributed by atoms with Gasteiger partial charge in [0.25, 0.3) is 0 Å². The molecular weight excluding hydrogens is 752 g/mol. The van der Waals surface area contributed by atoms with E-state index in [2.05, 4.69) is 11.4 Å². The second kappa shape index (κ2) is 29.2. The van der Waals surface area contributed by atoms with Crippen molar-refractivity contribution in [3.63, 3.8) is 0 Å². The molecular formula is C35H69NO16P2. The van der Waals surface area contributed by atoms with Crippen LogP contribution in [0.1, 0.15) is 148 Å². The van der Waals surface area contributed by atoms with Crippen molar-refractivity contribution >= 4 is 27.6 Å². The fraction of sp³-hybridized carbons (Fsp3) is 0.943. The number of aliphatic hydroxyl groups excluding tert-OH is 4. The van der Waals surface area contributed by atoms with Crippen LogP contribution in [0.15, 0.2) is 0 Å². The lowest BCUT2D eigenvalue weighted by molar-refractivity contribution is -0.216. The van der Waals surface area contributed by atoms with Gasteiger partial charge in [0.05, 0.1) is 6.61 Å². The number of phosphoric ester groups is 2. The van der Waals surface area contributed by atoms with Gasteiger partial charge in [0.15, 0.2) is 6.10 Å². The van der Waals surface area contributed by atoms with E-state index in [1.807, 2.05) is 0 Å². The van der Waals surface area contributed by atoms with E-state index in [1.54, 1.807) is 0 Å². The molecule has 0 heterocycles. The van der Waals surface area contributed by atoms with Gasteiger partial charge in [-0.05, 0) is 25.8 Å². The number of hydrogen-bond acceptors (Lipinski definition) is 14. The van der Waals surface area contributed by atoms with Gasteiger partial charge in [-0.15, -0.1) is 0 Å². The summed E-state index contributed by atoms with van der Waals surface area (Å²) in [5.41, 5.74) is 5.50. The predicted molar refractivity (Wildman–Crippen MR) is 199 cm³/mol. The molecule has 9 N–H and O–H groups in total. The monoisotopic (exact) mass is 821 g/mol. The van der Waals surface area contributed by atoms with Crippen LogP contribution < -0.4 is 5.73 Å². The number of aliphatic hydroxyl groups is 4. The van der Waals surface area contributed by atoms with E-state index >= 15 is 0 Å². The number of esters is 2. The Morgan fingerprint density at radius 2 is 1.00 bits per heavy atom. The van der Waals surface area contributed by atoms with Crippen LogP contribution in [0.25, 0.3) is 0 Å². The summed E-state index contributed by atoms with van der Waals surface area (Å²) in [6, 6.07) is 0. The molecule has 0 aliphatic heterocycles. The van der Waals surface area contributed by atoms with Crippen LogP contribution in [0.4, 0.5) is 0 Å². The summed E-state index contributed by atoms with van der Waals surface area (Å²) in [5, 5.41) is 41.0. The fourth-order valence-corrected chi connectivity index (χ4v) is 7.69. The smallest absolute Gasteiger partial charge is 0.462 e. The molecule has 0 aromatic heterocycles. The van der Waals surface area contributed by atoms with E-state index in [4.69, 9.17) is 34.0 Å². The Bertz CT molecular complexity index is 1100. The van der Waals surface area contributed by atoms with E-state index in [-0.39, 0.29) is 12.8 Å². The highest BCUT2D eigenvalue weighted by Crippen LogP contribution is 2.49. The average Bonchev–Trinajstić information content (AvgIpc) is 3.11. The van der Waals surface area contributed by atoms with Gasteiger partial charge >= 0.3 is 27.6 Å². The van der Waals surface area contributed by atoms with Gasteiger partial charge < -0.3 is 50.3 Å². The molecule has 1 rings (SSSR count). The standard InChI is InChI=1S/C35H69NO16P2/c1-2-3-4-5-6-7-8-9-10-11-13-17-20-23-29(38)50-27(25-48-28(37)22-19-16-14-12-15-18-21-24-36)26-49-54(46,47)52-35-32(41)30(39)31(40)34(33(35)42)51-53(43,44)45/h27,30-35,39-42H,2-26,36H2,1H3,(H,46,47)(H2,43,44,45)/t27-,30-,31?,32-,33?,34+,35?/m1/s1. The third-order valence-corrected chi connectivity index (χ3v) is 10.8. The van der Waals surface area contributed by atoms with Crippen LogP contribution in [0.5, 0.6) is 0 Å². The summed E-state index contributed by atoms with van der Waals surface area (Å²) in [5.74, 6) is -1.23. The lowest BCUT2D eigenvalue weighted by Gasteiger charge is -2.43. The molecule has 1 aliphatic carbocycles. The van der Waals surface area contributed by atoms with Gasteiger partial charge in [0.2, 0.25) is 0 Å².